The van der Waals surface area contributed by atoms with E-state index in [0.717, 1.165) is 15.9 Å². The van der Waals surface area contributed by atoms with Crippen LogP contribution in [0.3, 0.4) is 0 Å². The van der Waals surface area contributed by atoms with Crippen LogP contribution in [-0.2, 0) is 16.1 Å². The zero-order valence-corrected chi connectivity index (χ0v) is 17.2. The quantitative estimate of drug-likeness (QED) is 0.499. The predicted octanol–water partition coefficient (Wildman–Crippen LogP) is 2.90. The number of aromatic nitrogens is 2. The van der Waals surface area contributed by atoms with Gasteiger partial charge in [0.05, 0.1) is 11.9 Å². The van der Waals surface area contributed by atoms with E-state index in [1.165, 1.54) is 23.2 Å². The van der Waals surface area contributed by atoms with Gasteiger partial charge in [-0.1, -0.05) is 11.6 Å². The lowest BCUT2D eigenvalue weighted by atomic mass is 10.0. The Morgan fingerprint density at radius 2 is 2.21 bits per heavy atom. The highest BCUT2D eigenvalue weighted by atomic mass is 79.9. The smallest absolute Gasteiger partial charge is 0.268 e. The summed E-state index contributed by atoms with van der Waals surface area (Å²) in [5, 5.41) is 14.2. The number of anilines is 1. The summed E-state index contributed by atoms with van der Waals surface area (Å²) in [7, 11) is 0. The van der Waals surface area contributed by atoms with Crippen molar-refractivity contribution in [1.29, 1.82) is 0 Å². The van der Waals surface area contributed by atoms with E-state index in [2.05, 4.69) is 31.2 Å². The molecule has 0 unspecified atom stereocenters. The van der Waals surface area contributed by atoms with Gasteiger partial charge >= 0.3 is 0 Å². The lowest BCUT2D eigenvalue weighted by molar-refractivity contribution is -0.149. The number of pyridine rings is 1. The Morgan fingerprint density at radius 3 is 2.97 bits per heavy atom. The van der Waals surface area contributed by atoms with Crippen LogP contribution in [0.1, 0.15) is 12.0 Å². The van der Waals surface area contributed by atoms with E-state index in [1.807, 2.05) is 0 Å². The number of fused-ring (bicyclic) bond motifs is 1. The monoisotopic (exact) mass is 480 g/mol. The third-order valence-electron chi connectivity index (χ3n) is 4.83. The highest BCUT2D eigenvalue weighted by molar-refractivity contribution is 9.10. The molecule has 1 saturated heterocycles. The Bertz CT molecular complexity index is 1120. The number of rotatable bonds is 4. The second-order valence-corrected chi connectivity index (χ2v) is 8.04. The number of carbonyl (C=O) groups is 2. The Labute approximate surface area is 178 Å². The summed E-state index contributed by atoms with van der Waals surface area (Å²) in [5.41, 5.74) is -0.666. The van der Waals surface area contributed by atoms with Gasteiger partial charge in [-0.25, -0.2) is 9.37 Å². The average molecular weight is 482 g/mol. The number of hydrogen-bond donors (Lipinski definition) is 3. The van der Waals surface area contributed by atoms with E-state index in [9.17, 15) is 19.1 Å². The lowest BCUT2D eigenvalue weighted by Crippen LogP contribution is -2.52. The first-order chi connectivity index (χ1) is 13.8. The van der Waals surface area contributed by atoms with Crippen LogP contribution in [0.5, 0.6) is 0 Å². The van der Waals surface area contributed by atoms with Crippen molar-refractivity contribution in [2.75, 3.05) is 11.4 Å². The minimum Gasteiger partial charge on any atom is -0.372 e. The number of amides is 2. The molecule has 0 aliphatic carbocycles. The summed E-state index contributed by atoms with van der Waals surface area (Å²) in [6.45, 7) is 0.0828. The number of H-pyrrole nitrogens is 1. The molecular formula is C19H15BrClFN4O3. The van der Waals surface area contributed by atoms with Crippen molar-refractivity contribution in [2.45, 2.75) is 18.6 Å². The van der Waals surface area contributed by atoms with Gasteiger partial charge in [0.2, 0.25) is 5.60 Å². The van der Waals surface area contributed by atoms with Crippen LogP contribution < -0.4 is 10.2 Å². The maximum Gasteiger partial charge on any atom is 0.268 e. The van der Waals surface area contributed by atoms with E-state index in [0.29, 0.717) is 16.9 Å². The standard InChI is InChI=1S/C19H15BrClFN4O3/c20-15-9-24-16-14(15)6-13(8-23-16)26-2-1-19(29,18(26)28)17(27)25-7-10-3-11(21)5-12(22)4-10/h3-6,8-9,29H,1-2,7H2,(H,23,24)(H,25,27)/t19-/m1/s1. The lowest BCUT2D eigenvalue weighted by Gasteiger charge is -2.21. The van der Waals surface area contributed by atoms with Gasteiger partial charge in [0, 0.05) is 40.6 Å². The fourth-order valence-electron chi connectivity index (χ4n) is 3.31. The summed E-state index contributed by atoms with van der Waals surface area (Å²) in [6, 6.07) is 5.60. The summed E-state index contributed by atoms with van der Waals surface area (Å²) in [6.07, 6.45) is 3.16. The van der Waals surface area contributed by atoms with Crippen molar-refractivity contribution in [3.63, 3.8) is 0 Å². The Hall–Kier alpha value is -2.49. The molecule has 0 spiro atoms. The minimum atomic E-state index is -2.21. The molecule has 3 heterocycles. The van der Waals surface area contributed by atoms with Gasteiger partial charge in [0.15, 0.2) is 0 Å². The maximum atomic E-state index is 13.4. The fraction of sp³-hybridized carbons (Fsp3) is 0.211. The molecule has 7 nitrogen and oxygen atoms in total. The summed E-state index contributed by atoms with van der Waals surface area (Å²) in [5.74, 6) is -2.12. The molecule has 29 heavy (non-hydrogen) atoms. The van der Waals surface area contributed by atoms with E-state index in [-0.39, 0.29) is 24.5 Å². The zero-order valence-electron chi connectivity index (χ0n) is 14.9. The third kappa shape index (κ3) is 3.61. The van der Waals surface area contributed by atoms with Crippen molar-refractivity contribution < 1.29 is 19.1 Å². The van der Waals surface area contributed by atoms with E-state index in [1.54, 1.807) is 12.3 Å². The van der Waals surface area contributed by atoms with E-state index in [4.69, 9.17) is 11.6 Å². The first-order valence-electron chi connectivity index (χ1n) is 8.68. The predicted molar refractivity (Wildman–Crippen MR) is 109 cm³/mol. The van der Waals surface area contributed by atoms with Crippen LogP contribution in [-0.4, -0.2) is 39.0 Å². The zero-order chi connectivity index (χ0) is 20.8. The van der Waals surface area contributed by atoms with E-state index >= 15 is 0 Å². The van der Waals surface area contributed by atoms with Gasteiger partial charge in [-0.15, -0.1) is 0 Å². The second-order valence-electron chi connectivity index (χ2n) is 6.75. The first-order valence-corrected chi connectivity index (χ1v) is 9.85. The van der Waals surface area contributed by atoms with Crippen molar-refractivity contribution in [2.24, 2.45) is 0 Å². The first kappa shape index (κ1) is 19.8. The maximum absolute atomic E-state index is 13.4. The molecular weight excluding hydrogens is 467 g/mol. The molecule has 2 amide bonds. The van der Waals surface area contributed by atoms with Gasteiger partial charge in [0.25, 0.3) is 11.8 Å². The minimum absolute atomic E-state index is 0.0737. The van der Waals surface area contributed by atoms with Crippen LogP contribution in [0.25, 0.3) is 11.0 Å². The van der Waals surface area contributed by atoms with Crippen LogP contribution in [0.2, 0.25) is 5.02 Å². The van der Waals surface area contributed by atoms with Crippen LogP contribution in [0, 0.1) is 5.82 Å². The van der Waals surface area contributed by atoms with Crippen molar-refractivity contribution in [1.82, 2.24) is 15.3 Å². The van der Waals surface area contributed by atoms with E-state index < -0.39 is 23.2 Å². The average Bonchev–Trinajstić information content (AvgIpc) is 3.20. The molecule has 10 heteroatoms. The number of carbonyl (C=O) groups excluding carboxylic acids is 2. The van der Waals surface area contributed by atoms with Crippen molar-refractivity contribution in [3.05, 3.63) is 57.5 Å². The molecule has 4 rings (SSSR count). The van der Waals surface area contributed by atoms with Crippen LogP contribution >= 0.6 is 27.5 Å². The highest BCUT2D eigenvalue weighted by Crippen LogP contribution is 2.32. The Kier molecular flexibility index (Phi) is 5.05. The Balaban J connectivity index is 1.51. The number of aromatic amines is 1. The van der Waals surface area contributed by atoms with Gasteiger partial charge in [0.1, 0.15) is 11.5 Å². The molecule has 3 N–H and O–H groups in total. The largest absolute Gasteiger partial charge is 0.372 e. The third-order valence-corrected chi connectivity index (χ3v) is 5.70. The SMILES string of the molecule is O=C(NCc1cc(F)cc(Cl)c1)[C@]1(O)CCN(c2cnc3[nH]cc(Br)c3c2)C1=O. The molecule has 0 radical (unpaired) electrons. The normalized spacial score (nSPS) is 19.2. The molecule has 0 saturated carbocycles. The molecule has 0 bridgehead atoms. The molecule has 3 aromatic rings. The highest BCUT2D eigenvalue weighted by Gasteiger charge is 2.51. The topological polar surface area (TPSA) is 98.3 Å². The number of nitrogens with zero attached hydrogens (tertiary/aromatic N) is 2. The molecule has 1 aromatic carbocycles. The van der Waals surface area contributed by atoms with Crippen molar-refractivity contribution >= 4 is 56.1 Å². The molecule has 1 aliphatic heterocycles. The molecule has 150 valence electrons. The molecule has 1 fully saturated rings. The van der Waals surface area contributed by atoms with Gasteiger partial charge in [-0.3, -0.25) is 9.59 Å². The summed E-state index contributed by atoms with van der Waals surface area (Å²) < 4.78 is 14.2. The fourth-order valence-corrected chi connectivity index (χ4v) is 3.97. The molecule has 1 atom stereocenters. The number of nitrogens with one attached hydrogen (secondary N) is 2. The van der Waals surface area contributed by atoms with Crippen molar-refractivity contribution in [3.8, 4) is 0 Å². The summed E-state index contributed by atoms with van der Waals surface area (Å²) in [4.78, 5) is 34.0. The summed E-state index contributed by atoms with van der Waals surface area (Å²) >= 11 is 9.20. The second kappa shape index (κ2) is 7.40. The number of aliphatic hydroxyl groups is 1. The Morgan fingerprint density at radius 1 is 1.41 bits per heavy atom. The van der Waals surface area contributed by atoms with Crippen LogP contribution in [0.4, 0.5) is 10.1 Å². The molecule has 1 aliphatic rings. The number of halogens is 3. The molecule has 2 aromatic heterocycles. The van der Waals surface area contributed by atoms with Crippen LogP contribution in [0.15, 0.2) is 41.1 Å². The van der Waals surface area contributed by atoms with Gasteiger partial charge in [-0.05, 0) is 45.8 Å². The van der Waals surface area contributed by atoms with Gasteiger partial charge < -0.3 is 20.3 Å². The number of benzene rings is 1. The van der Waals surface area contributed by atoms with Gasteiger partial charge in [-0.2, -0.15) is 0 Å². The number of hydrogen-bond acceptors (Lipinski definition) is 4.